The summed E-state index contributed by atoms with van der Waals surface area (Å²) < 4.78 is 16.4. The lowest BCUT2D eigenvalue weighted by Gasteiger charge is -2.49. The van der Waals surface area contributed by atoms with Gasteiger partial charge in [0.25, 0.3) is 0 Å². The molecule has 1 spiro atoms. The van der Waals surface area contributed by atoms with E-state index in [4.69, 9.17) is 14.2 Å². The molecule has 0 aromatic heterocycles. The van der Waals surface area contributed by atoms with Crippen LogP contribution in [0.4, 0.5) is 0 Å². The number of hydrogen-bond acceptors (Lipinski definition) is 4. The van der Waals surface area contributed by atoms with Crippen molar-refractivity contribution in [2.45, 2.75) is 25.8 Å². The summed E-state index contributed by atoms with van der Waals surface area (Å²) in [6.45, 7) is 5.99. The molecule has 0 unspecified atom stereocenters. The third-order valence-electron chi connectivity index (χ3n) is 5.71. The van der Waals surface area contributed by atoms with Gasteiger partial charge in [-0.2, -0.15) is 0 Å². The first-order chi connectivity index (χ1) is 11.3. The number of methoxy groups -OCH3 is 2. The minimum absolute atomic E-state index is 0.435. The van der Waals surface area contributed by atoms with Crippen LogP contribution in [-0.2, 0) is 16.0 Å². The zero-order valence-corrected chi connectivity index (χ0v) is 14.4. The molecule has 1 aromatic carbocycles. The molecule has 0 amide bonds. The Labute approximate surface area is 139 Å². The van der Waals surface area contributed by atoms with Crippen LogP contribution in [0.5, 0.6) is 5.75 Å². The van der Waals surface area contributed by atoms with Crippen molar-refractivity contribution in [2.24, 2.45) is 11.3 Å². The Morgan fingerprint density at radius 1 is 1.13 bits per heavy atom. The fraction of sp³-hybridized carbons (Fsp3) is 0.684. The average molecular weight is 319 g/mol. The average Bonchev–Trinajstić information content (AvgIpc) is 2.60. The van der Waals surface area contributed by atoms with Crippen LogP contribution in [0.25, 0.3) is 0 Å². The first-order valence-electron chi connectivity index (χ1n) is 8.68. The molecular weight excluding hydrogens is 290 g/mol. The van der Waals surface area contributed by atoms with Crippen molar-refractivity contribution in [3.8, 4) is 5.75 Å². The maximum Gasteiger partial charge on any atom is 0.118 e. The Bertz CT molecular complexity index is 478. The molecule has 23 heavy (non-hydrogen) atoms. The highest BCUT2D eigenvalue weighted by Gasteiger charge is 2.43. The molecule has 0 N–H and O–H groups in total. The van der Waals surface area contributed by atoms with Crippen molar-refractivity contribution in [2.75, 3.05) is 47.1 Å². The normalized spacial score (nSPS) is 24.7. The van der Waals surface area contributed by atoms with Gasteiger partial charge in [-0.3, -0.25) is 4.90 Å². The molecule has 1 aromatic rings. The Kier molecular flexibility index (Phi) is 5.57. The SMILES string of the molecule is COC[C@H]1COCCC12CCN(Cc1ccc(OC)cc1)CC2. The molecular formula is C19H29NO3. The fourth-order valence-electron chi connectivity index (χ4n) is 4.11. The van der Waals surface area contributed by atoms with Crippen molar-refractivity contribution in [3.05, 3.63) is 29.8 Å². The Morgan fingerprint density at radius 2 is 1.87 bits per heavy atom. The van der Waals surface area contributed by atoms with Crippen molar-refractivity contribution in [1.29, 1.82) is 0 Å². The molecule has 2 heterocycles. The van der Waals surface area contributed by atoms with Gasteiger partial charge in [-0.25, -0.2) is 0 Å². The molecule has 2 saturated heterocycles. The number of nitrogens with zero attached hydrogens (tertiary/aromatic N) is 1. The molecule has 2 aliphatic rings. The smallest absolute Gasteiger partial charge is 0.118 e. The molecule has 2 fully saturated rings. The van der Waals surface area contributed by atoms with Gasteiger partial charge in [0.2, 0.25) is 0 Å². The highest BCUT2D eigenvalue weighted by Crippen LogP contribution is 2.44. The van der Waals surface area contributed by atoms with Gasteiger partial charge in [0, 0.05) is 26.2 Å². The summed E-state index contributed by atoms with van der Waals surface area (Å²) in [7, 11) is 3.52. The lowest BCUT2D eigenvalue weighted by molar-refractivity contribution is -0.0951. The summed E-state index contributed by atoms with van der Waals surface area (Å²) in [5.74, 6) is 1.49. The first kappa shape index (κ1) is 16.7. The maximum absolute atomic E-state index is 5.70. The molecule has 0 bridgehead atoms. The number of ether oxygens (including phenoxy) is 3. The summed E-state index contributed by atoms with van der Waals surface area (Å²) in [5, 5.41) is 0. The van der Waals surface area contributed by atoms with Gasteiger partial charge in [-0.1, -0.05) is 12.1 Å². The number of hydrogen-bond donors (Lipinski definition) is 0. The standard InChI is InChI=1S/C19H29NO3/c1-21-14-17-15-23-12-9-19(17)7-10-20(11-8-19)13-16-3-5-18(22-2)6-4-16/h3-6,17H,7-15H2,1-2H3/t17-/m0/s1. The van der Waals surface area contributed by atoms with Crippen LogP contribution in [0.2, 0.25) is 0 Å². The van der Waals surface area contributed by atoms with Gasteiger partial charge >= 0.3 is 0 Å². The van der Waals surface area contributed by atoms with E-state index < -0.39 is 0 Å². The summed E-state index contributed by atoms with van der Waals surface area (Å²) in [5.41, 5.74) is 1.80. The van der Waals surface area contributed by atoms with E-state index in [1.54, 1.807) is 14.2 Å². The van der Waals surface area contributed by atoms with Crippen LogP contribution in [0.1, 0.15) is 24.8 Å². The molecule has 2 aliphatic heterocycles. The van der Waals surface area contributed by atoms with Gasteiger partial charge in [0.05, 0.1) is 20.3 Å². The highest BCUT2D eigenvalue weighted by atomic mass is 16.5. The fourth-order valence-corrected chi connectivity index (χ4v) is 4.11. The summed E-state index contributed by atoms with van der Waals surface area (Å²) >= 11 is 0. The van der Waals surface area contributed by atoms with Crippen LogP contribution >= 0.6 is 0 Å². The van der Waals surface area contributed by atoms with Crippen LogP contribution in [-0.4, -0.2) is 52.0 Å². The van der Waals surface area contributed by atoms with Gasteiger partial charge < -0.3 is 14.2 Å². The minimum Gasteiger partial charge on any atom is -0.497 e. The van der Waals surface area contributed by atoms with E-state index in [2.05, 4.69) is 17.0 Å². The van der Waals surface area contributed by atoms with E-state index >= 15 is 0 Å². The molecule has 4 heteroatoms. The summed E-state index contributed by atoms with van der Waals surface area (Å²) in [6.07, 6.45) is 3.72. The molecule has 128 valence electrons. The second-order valence-corrected chi connectivity index (χ2v) is 6.96. The van der Waals surface area contributed by atoms with E-state index in [1.165, 1.54) is 37.9 Å². The van der Waals surface area contributed by atoms with E-state index in [-0.39, 0.29) is 0 Å². The lowest BCUT2D eigenvalue weighted by Crippen LogP contribution is -2.49. The van der Waals surface area contributed by atoms with Gasteiger partial charge in [-0.15, -0.1) is 0 Å². The topological polar surface area (TPSA) is 30.9 Å². The number of benzene rings is 1. The monoisotopic (exact) mass is 319 g/mol. The molecule has 0 radical (unpaired) electrons. The Hall–Kier alpha value is -1.10. The second-order valence-electron chi connectivity index (χ2n) is 6.96. The van der Waals surface area contributed by atoms with E-state index in [0.717, 1.165) is 32.1 Å². The van der Waals surface area contributed by atoms with Gasteiger partial charge in [0.15, 0.2) is 0 Å². The van der Waals surface area contributed by atoms with Crippen LogP contribution in [0, 0.1) is 11.3 Å². The van der Waals surface area contributed by atoms with Crippen LogP contribution < -0.4 is 4.74 Å². The molecule has 4 nitrogen and oxygen atoms in total. The number of rotatable bonds is 5. The van der Waals surface area contributed by atoms with E-state index in [9.17, 15) is 0 Å². The van der Waals surface area contributed by atoms with Crippen LogP contribution in [0.3, 0.4) is 0 Å². The molecule has 0 aliphatic carbocycles. The molecule has 3 rings (SSSR count). The predicted molar refractivity (Wildman–Crippen MR) is 90.7 cm³/mol. The van der Waals surface area contributed by atoms with E-state index in [1.807, 2.05) is 12.1 Å². The number of piperidine rings is 1. The van der Waals surface area contributed by atoms with Crippen molar-refractivity contribution < 1.29 is 14.2 Å². The number of likely N-dealkylation sites (tertiary alicyclic amines) is 1. The van der Waals surface area contributed by atoms with E-state index in [0.29, 0.717) is 11.3 Å². The largest absolute Gasteiger partial charge is 0.497 e. The third kappa shape index (κ3) is 3.87. The first-order valence-corrected chi connectivity index (χ1v) is 8.68. The summed E-state index contributed by atoms with van der Waals surface area (Å²) in [4.78, 5) is 2.58. The van der Waals surface area contributed by atoms with Crippen molar-refractivity contribution in [1.82, 2.24) is 4.90 Å². The van der Waals surface area contributed by atoms with Crippen LogP contribution in [0.15, 0.2) is 24.3 Å². The van der Waals surface area contributed by atoms with Gasteiger partial charge in [-0.05, 0) is 55.5 Å². The van der Waals surface area contributed by atoms with Crippen molar-refractivity contribution in [3.63, 3.8) is 0 Å². The quantitative estimate of drug-likeness (QED) is 0.835. The summed E-state index contributed by atoms with van der Waals surface area (Å²) in [6, 6.07) is 8.44. The Balaban J connectivity index is 1.56. The maximum atomic E-state index is 5.70. The van der Waals surface area contributed by atoms with Crippen molar-refractivity contribution >= 4 is 0 Å². The zero-order chi connectivity index (χ0) is 16.1. The van der Waals surface area contributed by atoms with Gasteiger partial charge in [0.1, 0.15) is 5.75 Å². The molecule has 0 saturated carbocycles. The predicted octanol–water partition coefficient (Wildman–Crippen LogP) is 2.96. The Morgan fingerprint density at radius 3 is 2.52 bits per heavy atom. The zero-order valence-electron chi connectivity index (χ0n) is 14.4. The minimum atomic E-state index is 0.435. The lowest BCUT2D eigenvalue weighted by atomic mass is 9.66. The molecule has 1 atom stereocenters. The second kappa shape index (κ2) is 7.65. The third-order valence-corrected chi connectivity index (χ3v) is 5.71. The highest BCUT2D eigenvalue weighted by molar-refractivity contribution is 5.27.